The van der Waals surface area contributed by atoms with Gasteiger partial charge in [0.2, 0.25) is 0 Å². The van der Waals surface area contributed by atoms with Gasteiger partial charge in [0.05, 0.1) is 18.7 Å². The molecule has 144 valence electrons. The summed E-state index contributed by atoms with van der Waals surface area (Å²) in [5.74, 6) is -0.992. The van der Waals surface area contributed by atoms with E-state index in [0.29, 0.717) is 21.5 Å². The zero-order valence-electron chi connectivity index (χ0n) is 15.3. The van der Waals surface area contributed by atoms with Crippen LogP contribution in [-0.2, 0) is 14.3 Å². The fraction of sp³-hybridized carbons (Fsp3) is 0.300. The van der Waals surface area contributed by atoms with Crippen LogP contribution in [0, 0.1) is 5.92 Å². The van der Waals surface area contributed by atoms with Crippen LogP contribution in [0.5, 0.6) is 5.75 Å². The highest BCUT2D eigenvalue weighted by molar-refractivity contribution is 6.31. The molecule has 0 fully saturated rings. The van der Waals surface area contributed by atoms with Gasteiger partial charge in [0.25, 0.3) is 5.91 Å². The molecule has 2 aromatic rings. The molecule has 1 atom stereocenters. The summed E-state index contributed by atoms with van der Waals surface area (Å²) in [7, 11) is 1.48. The molecule has 1 N–H and O–H groups in total. The molecular formula is C20H21Cl2NO4. The summed E-state index contributed by atoms with van der Waals surface area (Å²) in [6, 6.07) is 11.9. The maximum absolute atomic E-state index is 12.5. The second-order valence-electron chi connectivity index (χ2n) is 6.27. The van der Waals surface area contributed by atoms with Gasteiger partial charge in [0.1, 0.15) is 5.75 Å². The number of amides is 1. The Morgan fingerprint density at radius 3 is 2.26 bits per heavy atom. The Kier molecular flexibility index (Phi) is 7.51. The van der Waals surface area contributed by atoms with Crippen LogP contribution in [0.2, 0.25) is 10.0 Å². The monoisotopic (exact) mass is 409 g/mol. The van der Waals surface area contributed by atoms with Gasteiger partial charge in [-0.05, 0) is 41.8 Å². The van der Waals surface area contributed by atoms with Gasteiger partial charge in [-0.2, -0.15) is 0 Å². The molecule has 0 aliphatic rings. The molecule has 0 spiro atoms. The van der Waals surface area contributed by atoms with Crippen LogP contribution in [0.1, 0.15) is 25.3 Å². The molecular weight excluding hydrogens is 389 g/mol. The first-order valence-electron chi connectivity index (χ1n) is 8.37. The molecule has 7 heteroatoms. The number of ether oxygens (including phenoxy) is 2. The lowest BCUT2D eigenvalue weighted by Crippen LogP contribution is -2.26. The highest BCUT2D eigenvalue weighted by Crippen LogP contribution is 2.28. The molecule has 2 rings (SSSR count). The number of carbonyl (C=O) groups excluding carboxylic acids is 2. The number of esters is 1. The van der Waals surface area contributed by atoms with E-state index in [1.807, 2.05) is 13.8 Å². The molecule has 0 saturated carbocycles. The summed E-state index contributed by atoms with van der Waals surface area (Å²) in [6.07, 6.45) is 0. The number of carbonyl (C=O) groups is 2. The highest BCUT2D eigenvalue weighted by Gasteiger charge is 2.26. The maximum atomic E-state index is 12.5. The van der Waals surface area contributed by atoms with Crippen LogP contribution >= 0.6 is 23.2 Å². The first-order valence-corrected chi connectivity index (χ1v) is 9.13. The molecule has 0 unspecified atom stereocenters. The van der Waals surface area contributed by atoms with Crippen LogP contribution in [0.15, 0.2) is 42.5 Å². The Hall–Kier alpha value is -2.24. The van der Waals surface area contributed by atoms with Crippen LogP contribution < -0.4 is 10.1 Å². The normalized spacial score (nSPS) is 11.8. The fourth-order valence-electron chi connectivity index (χ4n) is 2.65. The predicted octanol–water partition coefficient (Wildman–Crippen LogP) is 4.92. The highest BCUT2D eigenvalue weighted by atomic mass is 35.5. The van der Waals surface area contributed by atoms with Crippen molar-refractivity contribution in [3.8, 4) is 5.75 Å². The number of halogens is 2. The Morgan fingerprint density at radius 1 is 1.04 bits per heavy atom. The first kappa shape index (κ1) is 21.1. The Labute approximate surface area is 168 Å². The summed E-state index contributed by atoms with van der Waals surface area (Å²) >= 11 is 11.8. The summed E-state index contributed by atoms with van der Waals surface area (Å²) in [5.41, 5.74) is 1.19. The average molecular weight is 410 g/mol. The number of methoxy groups -OCH3 is 1. The van der Waals surface area contributed by atoms with Gasteiger partial charge in [-0.15, -0.1) is 0 Å². The Balaban J connectivity index is 2.01. The molecule has 0 bridgehead atoms. The molecule has 0 heterocycles. The Bertz CT molecular complexity index is 806. The second-order valence-corrected chi connectivity index (χ2v) is 7.15. The van der Waals surface area contributed by atoms with Crippen molar-refractivity contribution in [1.82, 2.24) is 0 Å². The van der Waals surface area contributed by atoms with Gasteiger partial charge in [0.15, 0.2) is 6.61 Å². The van der Waals surface area contributed by atoms with Gasteiger partial charge >= 0.3 is 5.97 Å². The van der Waals surface area contributed by atoms with Gasteiger partial charge in [-0.1, -0.05) is 49.2 Å². The van der Waals surface area contributed by atoms with Gasteiger partial charge < -0.3 is 14.8 Å². The molecule has 27 heavy (non-hydrogen) atoms. The SMILES string of the molecule is COc1ccc(Cl)cc1NC(=O)COC(=O)[C@@H](c1ccc(Cl)cc1)C(C)C. The van der Waals surface area contributed by atoms with Crippen molar-refractivity contribution in [2.24, 2.45) is 5.92 Å². The van der Waals surface area contributed by atoms with E-state index in [-0.39, 0.29) is 5.92 Å². The molecule has 5 nitrogen and oxygen atoms in total. The molecule has 0 radical (unpaired) electrons. The summed E-state index contributed by atoms with van der Waals surface area (Å²) in [4.78, 5) is 24.7. The van der Waals surface area contributed by atoms with E-state index in [0.717, 1.165) is 5.56 Å². The number of anilines is 1. The van der Waals surface area contributed by atoms with Gasteiger partial charge in [-0.25, -0.2) is 0 Å². The van der Waals surface area contributed by atoms with E-state index in [1.54, 1.807) is 42.5 Å². The van der Waals surface area contributed by atoms with Crippen molar-refractivity contribution in [3.05, 3.63) is 58.1 Å². The van der Waals surface area contributed by atoms with E-state index in [2.05, 4.69) is 5.32 Å². The number of hydrogen-bond donors (Lipinski definition) is 1. The molecule has 0 aromatic heterocycles. The van der Waals surface area contributed by atoms with Crippen molar-refractivity contribution in [1.29, 1.82) is 0 Å². The van der Waals surface area contributed by atoms with E-state index < -0.39 is 24.4 Å². The van der Waals surface area contributed by atoms with Crippen molar-refractivity contribution in [3.63, 3.8) is 0 Å². The van der Waals surface area contributed by atoms with Crippen molar-refractivity contribution < 1.29 is 19.1 Å². The zero-order valence-corrected chi connectivity index (χ0v) is 16.8. The molecule has 0 aliphatic carbocycles. The minimum atomic E-state index is -0.490. The third-order valence-corrected chi connectivity index (χ3v) is 4.42. The molecule has 0 saturated heterocycles. The number of nitrogens with one attached hydrogen (secondary N) is 1. The third kappa shape index (κ3) is 5.88. The molecule has 0 aliphatic heterocycles. The largest absolute Gasteiger partial charge is 0.495 e. The van der Waals surface area contributed by atoms with Crippen LogP contribution in [-0.4, -0.2) is 25.6 Å². The van der Waals surface area contributed by atoms with Crippen molar-refractivity contribution in [2.75, 3.05) is 19.0 Å². The third-order valence-electron chi connectivity index (χ3n) is 3.93. The quantitative estimate of drug-likeness (QED) is 0.658. The average Bonchev–Trinajstić information content (AvgIpc) is 2.62. The van der Waals surface area contributed by atoms with E-state index in [4.69, 9.17) is 32.7 Å². The number of benzene rings is 2. The number of rotatable bonds is 7. The second kappa shape index (κ2) is 9.62. The Morgan fingerprint density at radius 2 is 1.67 bits per heavy atom. The minimum absolute atomic E-state index is 0.00485. The van der Waals surface area contributed by atoms with Crippen LogP contribution in [0.25, 0.3) is 0 Å². The predicted molar refractivity (Wildman–Crippen MR) is 107 cm³/mol. The van der Waals surface area contributed by atoms with Crippen molar-refractivity contribution >= 4 is 40.8 Å². The lowest BCUT2D eigenvalue weighted by molar-refractivity contribution is -0.149. The minimum Gasteiger partial charge on any atom is -0.495 e. The zero-order chi connectivity index (χ0) is 20.0. The number of hydrogen-bond acceptors (Lipinski definition) is 4. The standard InChI is InChI=1S/C20H21Cl2NO4/c1-12(2)19(13-4-6-14(21)7-5-13)20(25)27-11-18(24)23-16-10-15(22)8-9-17(16)26-3/h4-10,12,19H,11H2,1-3H3,(H,23,24)/t19-/m1/s1. The maximum Gasteiger partial charge on any atom is 0.314 e. The fourth-order valence-corrected chi connectivity index (χ4v) is 2.95. The topological polar surface area (TPSA) is 64.6 Å². The first-order chi connectivity index (χ1) is 12.8. The molecule has 1 amide bonds. The smallest absolute Gasteiger partial charge is 0.314 e. The van der Waals surface area contributed by atoms with Gasteiger partial charge in [-0.3, -0.25) is 9.59 Å². The van der Waals surface area contributed by atoms with E-state index in [9.17, 15) is 9.59 Å². The van der Waals surface area contributed by atoms with Crippen LogP contribution in [0.4, 0.5) is 5.69 Å². The summed E-state index contributed by atoms with van der Waals surface area (Å²) < 4.78 is 10.4. The van der Waals surface area contributed by atoms with Crippen LogP contribution in [0.3, 0.4) is 0 Å². The summed E-state index contributed by atoms with van der Waals surface area (Å²) in [6.45, 7) is 3.42. The van der Waals surface area contributed by atoms with E-state index >= 15 is 0 Å². The lowest BCUT2D eigenvalue weighted by atomic mass is 9.88. The molecule has 2 aromatic carbocycles. The van der Waals surface area contributed by atoms with Gasteiger partial charge in [0, 0.05) is 10.0 Å². The van der Waals surface area contributed by atoms with E-state index in [1.165, 1.54) is 7.11 Å². The lowest BCUT2D eigenvalue weighted by Gasteiger charge is -2.20. The van der Waals surface area contributed by atoms with Crippen molar-refractivity contribution in [2.45, 2.75) is 19.8 Å². The summed E-state index contributed by atoms with van der Waals surface area (Å²) in [5, 5.41) is 3.67.